The molecule has 2 heterocycles. The zero-order chi connectivity index (χ0) is 29.6. The Morgan fingerprint density at radius 2 is 1.64 bits per heavy atom. The van der Waals surface area contributed by atoms with Gasteiger partial charge in [-0.15, -0.1) is 0 Å². The van der Waals surface area contributed by atoms with E-state index in [1.165, 1.54) is 0 Å². The number of hydrogen-bond donors (Lipinski definition) is 1. The van der Waals surface area contributed by atoms with Gasteiger partial charge in [0, 0.05) is 30.5 Å². The number of methoxy groups -OCH3 is 2. The topological polar surface area (TPSA) is 124 Å². The zero-order valence-electron chi connectivity index (χ0n) is 24.4. The highest BCUT2D eigenvalue weighted by Crippen LogP contribution is 2.40. The first-order valence-corrected chi connectivity index (χ1v) is 14.8. The van der Waals surface area contributed by atoms with Crippen LogP contribution in [0.5, 0.6) is 11.5 Å². The maximum atomic E-state index is 13.7. The summed E-state index contributed by atoms with van der Waals surface area (Å²) in [6.07, 6.45) is 4.04. The molecule has 5 rings (SSSR count). The van der Waals surface area contributed by atoms with E-state index in [1.54, 1.807) is 24.1 Å². The number of carbonyl (C=O) groups is 3. The molecule has 0 aromatic heterocycles. The fourth-order valence-corrected chi connectivity index (χ4v) is 6.54. The third-order valence-corrected chi connectivity index (χ3v) is 8.75. The van der Waals surface area contributed by atoms with Crippen LogP contribution >= 0.6 is 0 Å². The van der Waals surface area contributed by atoms with E-state index in [4.69, 9.17) is 25.0 Å². The summed E-state index contributed by atoms with van der Waals surface area (Å²) in [5, 5.41) is 6.68. The molecule has 3 aliphatic rings. The van der Waals surface area contributed by atoms with Gasteiger partial charge in [0.25, 0.3) is 5.91 Å². The number of amides is 3. The van der Waals surface area contributed by atoms with Crippen molar-refractivity contribution >= 4 is 23.6 Å². The Morgan fingerprint density at radius 3 is 2.31 bits per heavy atom. The van der Waals surface area contributed by atoms with Crippen molar-refractivity contribution in [1.29, 1.82) is 0 Å². The van der Waals surface area contributed by atoms with Gasteiger partial charge in [0.05, 0.1) is 26.0 Å². The van der Waals surface area contributed by atoms with Crippen LogP contribution in [0.1, 0.15) is 56.1 Å². The lowest BCUT2D eigenvalue weighted by atomic mass is 9.73. The highest BCUT2D eigenvalue weighted by molar-refractivity contribution is 6.07. The van der Waals surface area contributed by atoms with Gasteiger partial charge in [-0.3, -0.25) is 9.59 Å². The van der Waals surface area contributed by atoms with Crippen LogP contribution in [0.15, 0.2) is 53.6 Å². The maximum absolute atomic E-state index is 13.7. The second-order valence-corrected chi connectivity index (χ2v) is 11.2. The van der Waals surface area contributed by atoms with Crippen LogP contribution in [-0.2, 0) is 20.7 Å². The molecule has 2 fully saturated rings. The summed E-state index contributed by atoms with van der Waals surface area (Å²) in [7, 11) is 3.22. The van der Waals surface area contributed by atoms with Gasteiger partial charge in [-0.25, -0.2) is 9.80 Å². The second kappa shape index (κ2) is 13.3. The average Bonchev–Trinajstić information content (AvgIpc) is 3.03. The van der Waals surface area contributed by atoms with E-state index < -0.39 is 12.2 Å². The summed E-state index contributed by atoms with van der Waals surface area (Å²) >= 11 is 0. The molecule has 0 radical (unpaired) electrons. The van der Waals surface area contributed by atoms with Crippen molar-refractivity contribution in [1.82, 2.24) is 9.91 Å². The monoisotopic (exact) mass is 576 g/mol. The smallest absolute Gasteiger partial charge is 0.405 e. The predicted molar refractivity (Wildman–Crippen MR) is 157 cm³/mol. The number of benzene rings is 2. The molecule has 42 heavy (non-hydrogen) atoms. The molecular weight excluding hydrogens is 536 g/mol. The minimum Gasteiger partial charge on any atom is -0.493 e. The van der Waals surface area contributed by atoms with Crippen LogP contribution in [0.2, 0.25) is 0 Å². The largest absolute Gasteiger partial charge is 0.493 e. The van der Waals surface area contributed by atoms with Gasteiger partial charge in [0.15, 0.2) is 17.6 Å². The molecule has 2 aliphatic heterocycles. The third-order valence-electron chi connectivity index (χ3n) is 8.75. The first kappa shape index (κ1) is 29.4. The lowest BCUT2D eigenvalue weighted by Gasteiger charge is -2.43. The Labute approximate surface area is 246 Å². The first-order valence-electron chi connectivity index (χ1n) is 14.8. The van der Waals surface area contributed by atoms with E-state index in [0.29, 0.717) is 50.3 Å². The Morgan fingerprint density at radius 1 is 0.952 bits per heavy atom. The molecule has 0 bridgehead atoms. The van der Waals surface area contributed by atoms with Crippen LogP contribution in [0.25, 0.3) is 0 Å². The lowest BCUT2D eigenvalue weighted by Crippen LogP contribution is -2.54. The summed E-state index contributed by atoms with van der Waals surface area (Å²) in [4.78, 5) is 40.5. The third kappa shape index (κ3) is 6.37. The van der Waals surface area contributed by atoms with Gasteiger partial charge < -0.3 is 24.8 Å². The lowest BCUT2D eigenvalue weighted by molar-refractivity contribution is -0.145. The molecule has 0 spiro atoms. The van der Waals surface area contributed by atoms with Crippen LogP contribution in [0.3, 0.4) is 0 Å². The number of carbonyl (C=O) groups excluding carboxylic acids is 3. The van der Waals surface area contributed by atoms with Crippen molar-refractivity contribution < 1.29 is 28.6 Å². The number of nitrogens with zero attached hydrogens (tertiary/aromatic N) is 3. The van der Waals surface area contributed by atoms with E-state index in [-0.39, 0.29) is 29.7 Å². The van der Waals surface area contributed by atoms with Crippen molar-refractivity contribution in [3.05, 3.63) is 59.7 Å². The minimum absolute atomic E-state index is 0.0681. The number of ether oxygens (including phenoxy) is 3. The number of likely N-dealkylation sites (tertiary alicyclic amines) is 1. The van der Waals surface area contributed by atoms with Gasteiger partial charge in [0.2, 0.25) is 5.91 Å². The molecular formula is C32H40N4O6. The number of hydrazone groups is 1. The minimum atomic E-state index is -0.964. The Balaban J connectivity index is 1.31. The molecule has 10 nitrogen and oxygen atoms in total. The normalized spacial score (nSPS) is 21.7. The fourth-order valence-electron chi connectivity index (χ4n) is 6.54. The SMILES string of the molecule is COc1ccc(C2=NN(C3CCN(C(=O)[C@@H](CCc4ccccc4)OC(N)=O)CC3)C(=O)[C@@H]3CCCC[C@H]23)cc1OC. The quantitative estimate of drug-likeness (QED) is 0.479. The highest BCUT2D eigenvalue weighted by Gasteiger charge is 2.44. The number of fused-ring (bicyclic) bond motifs is 1. The van der Waals surface area contributed by atoms with Crippen LogP contribution in [-0.4, -0.2) is 73.0 Å². The summed E-state index contributed by atoms with van der Waals surface area (Å²) in [5.41, 5.74) is 8.20. The molecule has 1 saturated carbocycles. The number of aryl methyl sites for hydroxylation is 1. The number of nitrogens with two attached hydrogens (primary N) is 1. The van der Waals surface area contributed by atoms with Crippen molar-refractivity contribution in [2.75, 3.05) is 27.3 Å². The molecule has 0 unspecified atom stereocenters. The summed E-state index contributed by atoms with van der Waals surface area (Å²) in [6.45, 7) is 0.874. The number of primary amides is 1. The van der Waals surface area contributed by atoms with Crippen molar-refractivity contribution in [2.45, 2.75) is 63.5 Å². The zero-order valence-corrected chi connectivity index (χ0v) is 24.4. The summed E-state index contributed by atoms with van der Waals surface area (Å²) < 4.78 is 16.2. The molecule has 3 amide bonds. The van der Waals surface area contributed by atoms with E-state index in [1.807, 2.05) is 48.5 Å². The number of piperidine rings is 1. The maximum Gasteiger partial charge on any atom is 0.405 e. The molecule has 2 aromatic rings. The van der Waals surface area contributed by atoms with Crippen molar-refractivity contribution in [3.63, 3.8) is 0 Å². The standard InChI is InChI=1S/C32H40N4O6/c1-40-26-15-13-22(20-28(26)41-2)29-24-10-6-7-11-25(24)30(37)36(34-29)23-16-18-35(19-17-23)31(38)27(42-32(33)39)14-12-21-8-4-3-5-9-21/h3-5,8-9,13,15,20,23-25,27H,6-7,10-12,14,16-19H2,1-2H3,(H2,33,39)/t24-,25+,27+/m0/s1. The molecule has 2 aromatic carbocycles. The van der Waals surface area contributed by atoms with E-state index >= 15 is 0 Å². The van der Waals surface area contributed by atoms with Gasteiger partial charge in [0.1, 0.15) is 0 Å². The predicted octanol–water partition coefficient (Wildman–Crippen LogP) is 4.14. The van der Waals surface area contributed by atoms with Gasteiger partial charge in [-0.1, -0.05) is 43.2 Å². The second-order valence-electron chi connectivity index (χ2n) is 11.2. The van der Waals surface area contributed by atoms with Gasteiger partial charge in [-0.05, 0) is 62.3 Å². The fraction of sp³-hybridized carbons (Fsp3) is 0.500. The van der Waals surface area contributed by atoms with Crippen molar-refractivity contribution in [3.8, 4) is 11.5 Å². The van der Waals surface area contributed by atoms with Crippen LogP contribution < -0.4 is 15.2 Å². The van der Waals surface area contributed by atoms with Crippen LogP contribution in [0.4, 0.5) is 4.79 Å². The van der Waals surface area contributed by atoms with Crippen molar-refractivity contribution in [2.24, 2.45) is 22.7 Å². The number of rotatable bonds is 9. The molecule has 1 saturated heterocycles. The molecule has 224 valence electrons. The molecule has 3 atom stereocenters. The summed E-state index contributed by atoms with van der Waals surface area (Å²) in [6, 6.07) is 15.4. The Kier molecular flexibility index (Phi) is 9.29. The Hall–Kier alpha value is -4.08. The average molecular weight is 577 g/mol. The van der Waals surface area contributed by atoms with Gasteiger partial charge >= 0.3 is 6.09 Å². The van der Waals surface area contributed by atoms with E-state index in [0.717, 1.165) is 42.5 Å². The van der Waals surface area contributed by atoms with E-state index in [2.05, 4.69) is 0 Å². The molecule has 2 N–H and O–H groups in total. The highest BCUT2D eigenvalue weighted by atomic mass is 16.6. The van der Waals surface area contributed by atoms with Gasteiger partial charge in [-0.2, -0.15) is 5.10 Å². The molecule has 1 aliphatic carbocycles. The van der Waals surface area contributed by atoms with Crippen LogP contribution in [0, 0.1) is 11.8 Å². The first-order chi connectivity index (χ1) is 20.4. The Bertz CT molecular complexity index is 1310. The number of hydrogen-bond acceptors (Lipinski definition) is 7. The summed E-state index contributed by atoms with van der Waals surface area (Å²) in [5.74, 6) is 1.05. The molecule has 10 heteroatoms. The van der Waals surface area contributed by atoms with E-state index in [9.17, 15) is 14.4 Å².